The van der Waals surface area contributed by atoms with Crippen LogP contribution in [0, 0.1) is 11.8 Å². The zero-order chi connectivity index (χ0) is 23.0. The molecular weight excluding hydrogens is 430 g/mol. The predicted octanol–water partition coefficient (Wildman–Crippen LogP) is 3.16. The fourth-order valence-electron chi connectivity index (χ4n) is 4.46. The zero-order valence-corrected chi connectivity index (χ0v) is 18.8. The lowest BCUT2D eigenvalue weighted by Gasteiger charge is -2.34. The number of hydrogen-bond acceptors (Lipinski definition) is 6. The van der Waals surface area contributed by atoms with Gasteiger partial charge in [-0.3, -0.25) is 9.59 Å². The van der Waals surface area contributed by atoms with Crippen molar-refractivity contribution in [2.45, 2.75) is 48.9 Å². The molecule has 8 heteroatoms. The number of fused-ring (bicyclic) bond motifs is 2. The van der Waals surface area contributed by atoms with Gasteiger partial charge in [-0.1, -0.05) is 38.8 Å². The highest BCUT2D eigenvalue weighted by Gasteiger charge is 2.35. The maximum atomic E-state index is 13.0. The highest BCUT2D eigenvalue weighted by molar-refractivity contribution is 7.91. The molecular formula is C24H25NO6S. The summed E-state index contributed by atoms with van der Waals surface area (Å²) in [6, 6.07) is 9.81. The van der Waals surface area contributed by atoms with E-state index in [9.17, 15) is 22.8 Å². The molecule has 1 fully saturated rings. The number of sulfone groups is 1. The zero-order valence-electron chi connectivity index (χ0n) is 18.0. The smallest absolute Gasteiger partial charge is 0.338 e. The van der Waals surface area contributed by atoms with Gasteiger partial charge < -0.3 is 10.1 Å². The maximum Gasteiger partial charge on any atom is 0.338 e. The van der Waals surface area contributed by atoms with E-state index in [1.807, 2.05) is 0 Å². The summed E-state index contributed by atoms with van der Waals surface area (Å²) in [6.45, 7) is 3.81. The van der Waals surface area contributed by atoms with Crippen molar-refractivity contribution in [1.82, 2.24) is 5.32 Å². The fraction of sp³-hybridized carbons (Fsp3) is 0.375. The summed E-state index contributed by atoms with van der Waals surface area (Å²) >= 11 is 0. The molecule has 168 valence electrons. The van der Waals surface area contributed by atoms with E-state index in [2.05, 4.69) is 19.2 Å². The van der Waals surface area contributed by atoms with Crippen LogP contribution < -0.4 is 5.32 Å². The molecule has 0 bridgehead atoms. The molecule has 0 unspecified atom stereocenters. The van der Waals surface area contributed by atoms with Gasteiger partial charge in [0.05, 0.1) is 15.4 Å². The third-order valence-corrected chi connectivity index (χ3v) is 8.41. The summed E-state index contributed by atoms with van der Waals surface area (Å²) in [7, 11) is -3.96. The topological polar surface area (TPSA) is 107 Å². The molecule has 7 nitrogen and oxygen atoms in total. The Morgan fingerprint density at radius 2 is 1.75 bits per heavy atom. The molecule has 4 rings (SSSR count). The van der Waals surface area contributed by atoms with Crippen LogP contribution in [-0.2, 0) is 19.4 Å². The molecule has 0 saturated heterocycles. The number of benzene rings is 2. The highest BCUT2D eigenvalue weighted by Crippen LogP contribution is 2.35. The second-order valence-electron chi connectivity index (χ2n) is 8.56. The minimum Gasteiger partial charge on any atom is -0.452 e. The van der Waals surface area contributed by atoms with Crippen LogP contribution in [-0.4, -0.2) is 38.7 Å². The van der Waals surface area contributed by atoms with E-state index < -0.39 is 28.2 Å². The van der Waals surface area contributed by atoms with Gasteiger partial charge in [-0.15, -0.1) is 0 Å². The molecule has 32 heavy (non-hydrogen) atoms. The standard InChI is InChI=1S/C24H25NO6S/c1-14-6-5-8-19(15(14)2)25-22(26)13-31-24(28)16-10-11-18-21(12-16)32(29,30)20-9-4-3-7-17(20)23(18)27/h3-4,7,9-12,14-15,19H,5-6,8,13H2,1-2H3,(H,25,26)/t14-,15+,19+/m0/s1. The Morgan fingerprint density at radius 3 is 2.53 bits per heavy atom. The molecule has 1 saturated carbocycles. The van der Waals surface area contributed by atoms with Gasteiger partial charge in [-0.25, -0.2) is 13.2 Å². The molecule has 2 aromatic carbocycles. The third kappa shape index (κ3) is 3.95. The average Bonchev–Trinajstić information content (AvgIpc) is 2.79. The Bertz CT molecular complexity index is 1200. The van der Waals surface area contributed by atoms with Gasteiger partial charge in [0.2, 0.25) is 9.84 Å². The Hall–Kier alpha value is -3.00. The van der Waals surface area contributed by atoms with Gasteiger partial charge in [0, 0.05) is 17.2 Å². The van der Waals surface area contributed by atoms with Crippen LogP contribution in [0.2, 0.25) is 0 Å². The number of ether oxygens (including phenoxy) is 1. The van der Waals surface area contributed by atoms with Crippen molar-refractivity contribution in [1.29, 1.82) is 0 Å². The fourth-order valence-corrected chi connectivity index (χ4v) is 6.14. The van der Waals surface area contributed by atoms with Gasteiger partial charge >= 0.3 is 5.97 Å². The Kier molecular flexibility index (Phi) is 5.90. The summed E-state index contributed by atoms with van der Waals surface area (Å²) in [5.74, 6) is -0.773. The molecule has 1 N–H and O–H groups in total. The first-order chi connectivity index (χ1) is 15.2. The van der Waals surface area contributed by atoms with E-state index >= 15 is 0 Å². The lowest BCUT2D eigenvalue weighted by molar-refractivity contribution is -0.125. The van der Waals surface area contributed by atoms with E-state index in [0.29, 0.717) is 11.8 Å². The number of carbonyl (C=O) groups is 3. The lowest BCUT2D eigenvalue weighted by atomic mass is 9.78. The number of carbonyl (C=O) groups excluding carboxylic acids is 3. The average molecular weight is 456 g/mol. The number of nitrogens with one attached hydrogen (secondary N) is 1. The Balaban J connectivity index is 1.47. The summed E-state index contributed by atoms with van der Waals surface area (Å²) in [6.07, 6.45) is 3.07. The summed E-state index contributed by atoms with van der Waals surface area (Å²) in [5.41, 5.74) is 0.0867. The van der Waals surface area contributed by atoms with E-state index in [0.717, 1.165) is 25.3 Å². The van der Waals surface area contributed by atoms with Crippen LogP contribution in [0.25, 0.3) is 0 Å². The first kappa shape index (κ1) is 22.2. The number of hydrogen-bond donors (Lipinski definition) is 1. The first-order valence-electron chi connectivity index (χ1n) is 10.7. The second-order valence-corrected chi connectivity index (χ2v) is 10.4. The van der Waals surface area contributed by atoms with Crippen LogP contribution in [0.15, 0.2) is 52.3 Å². The highest BCUT2D eigenvalue weighted by atomic mass is 32.2. The van der Waals surface area contributed by atoms with Gasteiger partial charge in [0.15, 0.2) is 12.4 Å². The lowest BCUT2D eigenvalue weighted by Crippen LogP contribution is -2.45. The summed E-state index contributed by atoms with van der Waals surface area (Å²) in [5, 5.41) is 2.93. The molecule has 1 aliphatic carbocycles. The van der Waals surface area contributed by atoms with E-state index in [4.69, 9.17) is 4.74 Å². The molecule has 1 heterocycles. The number of esters is 1. The largest absolute Gasteiger partial charge is 0.452 e. The molecule has 0 radical (unpaired) electrons. The molecule has 3 atom stereocenters. The Morgan fingerprint density at radius 1 is 1.03 bits per heavy atom. The number of rotatable bonds is 4. The van der Waals surface area contributed by atoms with E-state index in [1.165, 1.54) is 24.3 Å². The molecule has 2 aliphatic rings. The Labute approximate surface area is 187 Å². The quantitative estimate of drug-likeness (QED) is 0.606. The van der Waals surface area contributed by atoms with Crippen molar-refractivity contribution in [3.05, 3.63) is 59.2 Å². The molecule has 1 aliphatic heterocycles. The van der Waals surface area contributed by atoms with Crippen molar-refractivity contribution in [3.8, 4) is 0 Å². The predicted molar refractivity (Wildman–Crippen MR) is 116 cm³/mol. The minimum atomic E-state index is -3.96. The van der Waals surface area contributed by atoms with Gasteiger partial charge in [-0.2, -0.15) is 0 Å². The third-order valence-electron chi connectivity index (χ3n) is 6.56. The van der Waals surface area contributed by atoms with Crippen LogP contribution in [0.1, 0.15) is 59.4 Å². The van der Waals surface area contributed by atoms with Gasteiger partial charge in [-0.05, 0) is 48.6 Å². The van der Waals surface area contributed by atoms with Crippen molar-refractivity contribution in [2.75, 3.05) is 6.61 Å². The van der Waals surface area contributed by atoms with Crippen molar-refractivity contribution < 1.29 is 27.5 Å². The number of amides is 1. The number of ketones is 1. The monoisotopic (exact) mass is 455 g/mol. The van der Waals surface area contributed by atoms with Crippen LogP contribution in [0.4, 0.5) is 0 Å². The summed E-state index contributed by atoms with van der Waals surface area (Å²) in [4.78, 5) is 37.2. The molecule has 1 amide bonds. The molecule has 2 aromatic rings. The van der Waals surface area contributed by atoms with Crippen LogP contribution >= 0.6 is 0 Å². The molecule has 0 aromatic heterocycles. The van der Waals surface area contributed by atoms with E-state index in [-0.39, 0.29) is 38.4 Å². The van der Waals surface area contributed by atoms with Crippen LogP contribution in [0.3, 0.4) is 0 Å². The first-order valence-corrected chi connectivity index (χ1v) is 12.2. The molecule has 0 spiro atoms. The minimum absolute atomic E-state index is 0.0124. The van der Waals surface area contributed by atoms with Crippen molar-refractivity contribution >= 4 is 27.5 Å². The van der Waals surface area contributed by atoms with E-state index in [1.54, 1.807) is 12.1 Å². The maximum absolute atomic E-state index is 13.0. The van der Waals surface area contributed by atoms with Crippen molar-refractivity contribution in [2.24, 2.45) is 11.8 Å². The van der Waals surface area contributed by atoms with Gasteiger partial charge in [0.1, 0.15) is 0 Å². The van der Waals surface area contributed by atoms with Gasteiger partial charge in [0.25, 0.3) is 5.91 Å². The van der Waals surface area contributed by atoms with Crippen LogP contribution in [0.5, 0.6) is 0 Å². The second kappa shape index (κ2) is 8.50. The van der Waals surface area contributed by atoms with Crippen molar-refractivity contribution in [3.63, 3.8) is 0 Å². The summed E-state index contributed by atoms with van der Waals surface area (Å²) < 4.78 is 31.1. The normalized spacial score (nSPS) is 23.6. The SMILES string of the molecule is C[C@@H]1[C@@H](C)CCC[C@H]1NC(=O)COC(=O)c1ccc2c(c1)S(=O)(=O)c1ccccc1C2=O.